The predicted octanol–water partition coefficient (Wildman–Crippen LogP) is 3.65. The highest BCUT2D eigenvalue weighted by molar-refractivity contribution is 5.97. The van der Waals surface area contributed by atoms with Gasteiger partial charge in [0.2, 0.25) is 11.7 Å². The van der Waals surface area contributed by atoms with E-state index in [2.05, 4.69) is 15.4 Å². The zero-order valence-electron chi connectivity index (χ0n) is 18.3. The van der Waals surface area contributed by atoms with Crippen molar-refractivity contribution in [1.29, 1.82) is 0 Å². The number of carbonyl (C=O) groups excluding carboxylic acids is 2. The van der Waals surface area contributed by atoms with E-state index in [1.54, 1.807) is 43.1 Å². The highest BCUT2D eigenvalue weighted by Crippen LogP contribution is 2.21. The number of hydrogen-bond donors (Lipinski definition) is 1. The van der Waals surface area contributed by atoms with E-state index in [1.165, 1.54) is 4.90 Å². The third kappa shape index (κ3) is 5.07. The first kappa shape index (κ1) is 21.8. The number of anilines is 1. The summed E-state index contributed by atoms with van der Waals surface area (Å²) in [7, 11) is 3.12. The van der Waals surface area contributed by atoms with Gasteiger partial charge in [-0.2, -0.15) is 0 Å². The SMILES string of the molecule is COc1ccc(NC(=O)CN(C)C(=O)c2nc(-c3ccccc3)n(-c3ccccc3)n2)cc1. The third-order valence-corrected chi connectivity index (χ3v) is 4.93. The molecule has 4 aromatic rings. The van der Waals surface area contributed by atoms with Crippen LogP contribution in [0.2, 0.25) is 0 Å². The van der Waals surface area contributed by atoms with Gasteiger partial charge in [0, 0.05) is 18.3 Å². The van der Waals surface area contributed by atoms with Gasteiger partial charge < -0.3 is 15.0 Å². The summed E-state index contributed by atoms with van der Waals surface area (Å²) in [5.74, 6) is 0.460. The Morgan fingerprint density at radius 3 is 2.21 bits per heavy atom. The molecule has 2 amide bonds. The van der Waals surface area contributed by atoms with Crippen LogP contribution in [0, 0.1) is 0 Å². The van der Waals surface area contributed by atoms with Gasteiger partial charge >= 0.3 is 0 Å². The van der Waals surface area contributed by atoms with Crippen molar-refractivity contribution in [3.63, 3.8) is 0 Å². The van der Waals surface area contributed by atoms with E-state index in [-0.39, 0.29) is 18.3 Å². The molecule has 8 nitrogen and oxygen atoms in total. The summed E-state index contributed by atoms with van der Waals surface area (Å²) >= 11 is 0. The maximum Gasteiger partial charge on any atom is 0.293 e. The molecule has 0 aliphatic heterocycles. The molecule has 0 atom stereocenters. The van der Waals surface area contributed by atoms with Crippen molar-refractivity contribution in [1.82, 2.24) is 19.7 Å². The molecule has 1 aromatic heterocycles. The first-order chi connectivity index (χ1) is 16.0. The van der Waals surface area contributed by atoms with Crippen LogP contribution in [0.4, 0.5) is 5.69 Å². The van der Waals surface area contributed by atoms with E-state index in [9.17, 15) is 9.59 Å². The molecule has 0 saturated carbocycles. The van der Waals surface area contributed by atoms with Crippen molar-refractivity contribution in [2.75, 3.05) is 26.0 Å². The Morgan fingerprint density at radius 2 is 1.58 bits per heavy atom. The minimum absolute atomic E-state index is 0.0115. The van der Waals surface area contributed by atoms with Crippen LogP contribution in [0.5, 0.6) is 5.75 Å². The van der Waals surface area contributed by atoms with E-state index in [1.807, 2.05) is 60.7 Å². The zero-order chi connectivity index (χ0) is 23.2. The lowest BCUT2D eigenvalue weighted by Crippen LogP contribution is -2.35. The Kier molecular flexibility index (Phi) is 6.45. The lowest BCUT2D eigenvalue weighted by molar-refractivity contribution is -0.116. The van der Waals surface area contributed by atoms with Crippen LogP contribution in [0.15, 0.2) is 84.9 Å². The standard InChI is InChI=1S/C25H23N5O3/c1-29(17-22(31)26-19-13-15-21(33-2)16-14-19)25(32)23-27-24(18-9-5-3-6-10-18)30(28-23)20-11-7-4-8-12-20/h3-16H,17H2,1-2H3,(H,26,31). The third-order valence-electron chi connectivity index (χ3n) is 4.93. The Morgan fingerprint density at radius 1 is 0.939 bits per heavy atom. The number of rotatable bonds is 7. The molecular weight excluding hydrogens is 418 g/mol. The quantitative estimate of drug-likeness (QED) is 0.473. The number of benzene rings is 3. The molecule has 33 heavy (non-hydrogen) atoms. The number of aromatic nitrogens is 3. The monoisotopic (exact) mass is 441 g/mol. The number of carbonyl (C=O) groups is 2. The normalized spacial score (nSPS) is 10.5. The average molecular weight is 441 g/mol. The maximum absolute atomic E-state index is 13.0. The van der Waals surface area contributed by atoms with Gasteiger partial charge in [-0.15, -0.1) is 5.10 Å². The number of nitrogens with zero attached hydrogens (tertiary/aromatic N) is 4. The van der Waals surface area contributed by atoms with Crippen LogP contribution in [0.1, 0.15) is 10.6 Å². The average Bonchev–Trinajstić information content (AvgIpc) is 3.30. The smallest absolute Gasteiger partial charge is 0.293 e. The summed E-state index contributed by atoms with van der Waals surface area (Å²) in [5.41, 5.74) is 2.22. The van der Waals surface area contributed by atoms with Crippen molar-refractivity contribution >= 4 is 17.5 Å². The summed E-state index contributed by atoms with van der Waals surface area (Å²) in [6.07, 6.45) is 0. The number of amides is 2. The Balaban J connectivity index is 1.53. The fourth-order valence-corrected chi connectivity index (χ4v) is 3.26. The molecule has 0 radical (unpaired) electrons. The van der Waals surface area contributed by atoms with Crippen LogP contribution < -0.4 is 10.1 Å². The maximum atomic E-state index is 13.0. The van der Waals surface area contributed by atoms with Gasteiger partial charge in [0.25, 0.3) is 5.91 Å². The minimum Gasteiger partial charge on any atom is -0.497 e. The summed E-state index contributed by atoms with van der Waals surface area (Å²) in [6.45, 7) is -0.147. The topological polar surface area (TPSA) is 89.4 Å². The Hall–Kier alpha value is -4.46. The molecule has 166 valence electrons. The van der Waals surface area contributed by atoms with Gasteiger partial charge in [0.1, 0.15) is 5.75 Å². The lowest BCUT2D eigenvalue weighted by atomic mass is 10.2. The second kappa shape index (κ2) is 9.78. The first-order valence-corrected chi connectivity index (χ1v) is 10.3. The molecule has 1 N–H and O–H groups in total. The number of ether oxygens (including phenoxy) is 1. The van der Waals surface area contributed by atoms with Crippen molar-refractivity contribution in [2.24, 2.45) is 0 Å². The lowest BCUT2D eigenvalue weighted by Gasteiger charge is -2.15. The summed E-state index contributed by atoms with van der Waals surface area (Å²) in [6, 6.07) is 25.9. The molecule has 1 heterocycles. The second-order valence-electron chi connectivity index (χ2n) is 7.31. The van der Waals surface area contributed by atoms with Crippen molar-refractivity contribution in [2.45, 2.75) is 0 Å². The molecule has 0 bridgehead atoms. The van der Waals surface area contributed by atoms with Crippen LogP contribution in [-0.2, 0) is 4.79 Å². The first-order valence-electron chi connectivity index (χ1n) is 10.3. The largest absolute Gasteiger partial charge is 0.497 e. The minimum atomic E-state index is -0.452. The van der Waals surface area contributed by atoms with E-state index in [0.717, 1.165) is 11.3 Å². The molecule has 0 fully saturated rings. The highest BCUT2D eigenvalue weighted by atomic mass is 16.5. The van der Waals surface area contributed by atoms with Crippen LogP contribution in [-0.4, -0.2) is 52.2 Å². The van der Waals surface area contributed by atoms with E-state index >= 15 is 0 Å². The van der Waals surface area contributed by atoms with Crippen LogP contribution in [0.25, 0.3) is 17.1 Å². The van der Waals surface area contributed by atoms with Gasteiger partial charge in [0.05, 0.1) is 19.3 Å². The summed E-state index contributed by atoms with van der Waals surface area (Å²) in [5, 5.41) is 7.22. The number of methoxy groups -OCH3 is 1. The van der Waals surface area contributed by atoms with E-state index in [0.29, 0.717) is 17.3 Å². The second-order valence-corrected chi connectivity index (χ2v) is 7.31. The zero-order valence-corrected chi connectivity index (χ0v) is 18.3. The van der Waals surface area contributed by atoms with Crippen LogP contribution >= 0.6 is 0 Å². The Labute approximate surface area is 191 Å². The Bertz CT molecular complexity index is 1180. The molecule has 0 unspecified atom stereocenters. The molecule has 0 aliphatic rings. The fraction of sp³-hybridized carbons (Fsp3) is 0.120. The number of para-hydroxylation sites is 1. The molecular formula is C25H23N5O3. The number of hydrogen-bond acceptors (Lipinski definition) is 5. The predicted molar refractivity (Wildman–Crippen MR) is 125 cm³/mol. The highest BCUT2D eigenvalue weighted by Gasteiger charge is 2.23. The van der Waals surface area contributed by atoms with Gasteiger partial charge in [-0.3, -0.25) is 9.59 Å². The van der Waals surface area contributed by atoms with Crippen LogP contribution in [0.3, 0.4) is 0 Å². The molecule has 0 aliphatic carbocycles. The molecule has 0 saturated heterocycles. The summed E-state index contributed by atoms with van der Waals surface area (Å²) in [4.78, 5) is 31.3. The number of likely N-dealkylation sites (N-methyl/N-ethyl adjacent to an activating group) is 1. The van der Waals surface area contributed by atoms with Gasteiger partial charge in [0.15, 0.2) is 5.82 Å². The number of nitrogens with one attached hydrogen (secondary N) is 1. The van der Waals surface area contributed by atoms with Gasteiger partial charge in [-0.05, 0) is 36.4 Å². The summed E-state index contributed by atoms with van der Waals surface area (Å²) < 4.78 is 6.75. The van der Waals surface area contributed by atoms with Gasteiger partial charge in [-0.1, -0.05) is 48.5 Å². The van der Waals surface area contributed by atoms with E-state index < -0.39 is 5.91 Å². The molecule has 3 aromatic carbocycles. The molecule has 0 spiro atoms. The van der Waals surface area contributed by atoms with E-state index in [4.69, 9.17) is 4.74 Å². The fourth-order valence-electron chi connectivity index (χ4n) is 3.26. The molecule has 8 heteroatoms. The van der Waals surface area contributed by atoms with Gasteiger partial charge in [-0.25, -0.2) is 9.67 Å². The van der Waals surface area contributed by atoms with Crippen molar-refractivity contribution in [3.8, 4) is 22.8 Å². The van der Waals surface area contributed by atoms with Crippen molar-refractivity contribution in [3.05, 3.63) is 90.8 Å². The molecule has 4 rings (SSSR count). The van der Waals surface area contributed by atoms with Crippen molar-refractivity contribution < 1.29 is 14.3 Å².